The minimum atomic E-state index is -0.639. The van der Waals surface area contributed by atoms with Gasteiger partial charge in [0, 0.05) is 24.4 Å². The van der Waals surface area contributed by atoms with Crippen LogP contribution in [0.4, 0.5) is 4.39 Å². The van der Waals surface area contributed by atoms with Crippen LogP contribution in [0.5, 0.6) is 11.8 Å². The molecule has 0 aliphatic rings. The number of aromatic nitrogens is 2. The third-order valence-corrected chi connectivity index (χ3v) is 3.88. The molecule has 2 rings (SSSR count). The second-order valence-electron chi connectivity index (χ2n) is 5.83. The number of nitrogens with zero attached hydrogens (tertiary/aromatic N) is 2. The molecule has 1 aromatic heterocycles. The van der Waals surface area contributed by atoms with Gasteiger partial charge in [-0.25, -0.2) is 9.37 Å². The molecule has 0 radical (unpaired) electrons. The van der Waals surface area contributed by atoms with Gasteiger partial charge in [-0.05, 0) is 24.6 Å². The standard InChI is InChI=1S/C19H20ClFN4O4/c1-12(24-18(27)11-29-14-4-5-15(20)16(21)9-14)3-6-17(26)23-10-13-7-8-22-19(25-13)28-2/h4-5,7-9H,1,3,6,10-11H2,2H3,(H,23,26)(H,24,27). The van der Waals surface area contributed by atoms with Gasteiger partial charge in [-0.15, -0.1) is 0 Å². The van der Waals surface area contributed by atoms with Gasteiger partial charge in [0.2, 0.25) is 5.91 Å². The average Bonchev–Trinajstić information content (AvgIpc) is 2.71. The molecule has 8 nitrogen and oxygen atoms in total. The fraction of sp³-hybridized carbons (Fsp3) is 0.263. The Morgan fingerprint density at radius 1 is 1.24 bits per heavy atom. The Labute approximate surface area is 172 Å². The minimum absolute atomic E-state index is 0.0349. The van der Waals surface area contributed by atoms with E-state index >= 15 is 0 Å². The lowest BCUT2D eigenvalue weighted by atomic mass is 10.2. The van der Waals surface area contributed by atoms with Crippen LogP contribution in [0.25, 0.3) is 0 Å². The number of hydrogen-bond acceptors (Lipinski definition) is 6. The van der Waals surface area contributed by atoms with Crippen molar-refractivity contribution in [1.29, 1.82) is 0 Å². The number of carbonyl (C=O) groups is 2. The first-order valence-electron chi connectivity index (χ1n) is 8.55. The van der Waals surface area contributed by atoms with Crippen LogP contribution < -0.4 is 20.1 Å². The van der Waals surface area contributed by atoms with Crippen LogP contribution in [0.15, 0.2) is 42.7 Å². The van der Waals surface area contributed by atoms with Crippen molar-refractivity contribution in [2.45, 2.75) is 19.4 Å². The number of rotatable bonds is 10. The molecule has 0 saturated heterocycles. The highest BCUT2D eigenvalue weighted by atomic mass is 35.5. The summed E-state index contributed by atoms with van der Waals surface area (Å²) < 4.78 is 23.4. The number of methoxy groups -OCH3 is 1. The SMILES string of the molecule is C=C(CCC(=O)NCc1ccnc(OC)n1)NC(=O)COc1ccc(Cl)c(F)c1. The summed E-state index contributed by atoms with van der Waals surface area (Å²) in [4.78, 5) is 31.7. The second-order valence-corrected chi connectivity index (χ2v) is 6.23. The Balaban J connectivity index is 1.66. The van der Waals surface area contributed by atoms with Crippen molar-refractivity contribution in [1.82, 2.24) is 20.6 Å². The Kier molecular flexibility index (Phi) is 8.35. The van der Waals surface area contributed by atoms with Gasteiger partial charge < -0.3 is 20.1 Å². The topological polar surface area (TPSA) is 102 Å². The lowest BCUT2D eigenvalue weighted by Crippen LogP contribution is -2.29. The molecule has 0 aliphatic carbocycles. The molecule has 0 atom stereocenters. The first-order chi connectivity index (χ1) is 13.9. The predicted octanol–water partition coefficient (Wildman–Crippen LogP) is 2.38. The quantitative estimate of drug-likeness (QED) is 0.609. The molecule has 0 unspecified atom stereocenters. The van der Waals surface area contributed by atoms with Gasteiger partial charge in [-0.2, -0.15) is 4.98 Å². The van der Waals surface area contributed by atoms with E-state index in [1.165, 1.54) is 25.4 Å². The van der Waals surface area contributed by atoms with Crippen LogP contribution in [-0.2, 0) is 16.1 Å². The number of hydrogen-bond donors (Lipinski definition) is 2. The molecule has 0 bridgehead atoms. The zero-order valence-corrected chi connectivity index (χ0v) is 16.5. The molecule has 0 saturated carbocycles. The maximum Gasteiger partial charge on any atom is 0.316 e. The Morgan fingerprint density at radius 2 is 2.03 bits per heavy atom. The van der Waals surface area contributed by atoms with Crippen LogP contribution >= 0.6 is 11.6 Å². The van der Waals surface area contributed by atoms with E-state index in [0.717, 1.165) is 6.07 Å². The van der Waals surface area contributed by atoms with Crippen LogP contribution in [-0.4, -0.2) is 35.5 Å². The third-order valence-electron chi connectivity index (χ3n) is 3.57. The molecule has 2 amide bonds. The van der Waals surface area contributed by atoms with E-state index in [0.29, 0.717) is 11.4 Å². The van der Waals surface area contributed by atoms with Crippen LogP contribution in [0, 0.1) is 5.82 Å². The monoisotopic (exact) mass is 422 g/mol. The molecular weight excluding hydrogens is 403 g/mol. The highest BCUT2D eigenvalue weighted by Gasteiger charge is 2.09. The van der Waals surface area contributed by atoms with Gasteiger partial charge in [0.1, 0.15) is 11.6 Å². The van der Waals surface area contributed by atoms with E-state index in [1.54, 1.807) is 6.07 Å². The smallest absolute Gasteiger partial charge is 0.316 e. The highest BCUT2D eigenvalue weighted by molar-refractivity contribution is 6.30. The number of benzene rings is 1. The molecule has 1 aromatic carbocycles. The van der Waals surface area contributed by atoms with Crippen molar-refractivity contribution in [2.75, 3.05) is 13.7 Å². The fourth-order valence-corrected chi connectivity index (χ4v) is 2.24. The summed E-state index contributed by atoms with van der Waals surface area (Å²) in [7, 11) is 1.45. The molecule has 154 valence electrons. The Bertz CT molecular complexity index is 894. The molecular formula is C19H20ClFN4O4. The lowest BCUT2D eigenvalue weighted by Gasteiger charge is -2.10. The van der Waals surface area contributed by atoms with Gasteiger partial charge in [0.15, 0.2) is 6.61 Å². The van der Waals surface area contributed by atoms with Gasteiger partial charge in [-0.3, -0.25) is 9.59 Å². The maximum absolute atomic E-state index is 13.3. The first kappa shape index (κ1) is 22.1. The average molecular weight is 423 g/mol. The molecule has 10 heteroatoms. The second kappa shape index (κ2) is 11.0. The summed E-state index contributed by atoms with van der Waals surface area (Å²) in [5, 5.41) is 5.20. The van der Waals surface area contributed by atoms with E-state index in [-0.39, 0.29) is 48.7 Å². The van der Waals surface area contributed by atoms with Crippen molar-refractivity contribution in [3.63, 3.8) is 0 Å². The zero-order valence-electron chi connectivity index (χ0n) is 15.7. The van der Waals surface area contributed by atoms with Crippen LogP contribution in [0.3, 0.4) is 0 Å². The van der Waals surface area contributed by atoms with Gasteiger partial charge >= 0.3 is 6.01 Å². The lowest BCUT2D eigenvalue weighted by molar-refractivity contribution is -0.123. The molecule has 2 N–H and O–H groups in total. The molecule has 0 spiro atoms. The summed E-state index contributed by atoms with van der Waals surface area (Å²) in [6.07, 6.45) is 1.91. The van der Waals surface area contributed by atoms with E-state index < -0.39 is 11.7 Å². The summed E-state index contributed by atoms with van der Waals surface area (Å²) in [5.74, 6) is -1.17. The summed E-state index contributed by atoms with van der Waals surface area (Å²) in [5.41, 5.74) is 0.966. The largest absolute Gasteiger partial charge is 0.484 e. The molecule has 0 aliphatic heterocycles. The fourth-order valence-electron chi connectivity index (χ4n) is 2.13. The van der Waals surface area contributed by atoms with Gasteiger partial charge in [0.25, 0.3) is 5.91 Å². The minimum Gasteiger partial charge on any atom is -0.484 e. The normalized spacial score (nSPS) is 10.2. The summed E-state index contributed by atoms with van der Waals surface area (Å²) >= 11 is 5.58. The van der Waals surface area contributed by atoms with Crippen molar-refractivity contribution >= 4 is 23.4 Å². The number of amides is 2. The number of nitrogens with one attached hydrogen (secondary N) is 2. The van der Waals surface area contributed by atoms with Crippen molar-refractivity contribution < 1.29 is 23.5 Å². The Morgan fingerprint density at radius 3 is 2.76 bits per heavy atom. The highest BCUT2D eigenvalue weighted by Crippen LogP contribution is 2.20. The molecule has 29 heavy (non-hydrogen) atoms. The van der Waals surface area contributed by atoms with Crippen LogP contribution in [0.2, 0.25) is 5.02 Å². The van der Waals surface area contributed by atoms with E-state index in [1.807, 2.05) is 0 Å². The Hall–Kier alpha value is -3.20. The third kappa shape index (κ3) is 7.74. The molecule has 0 fully saturated rings. The molecule has 2 aromatic rings. The van der Waals surface area contributed by atoms with Gasteiger partial charge in [-0.1, -0.05) is 18.2 Å². The molecule has 1 heterocycles. The van der Waals surface area contributed by atoms with Crippen molar-refractivity contribution in [3.8, 4) is 11.8 Å². The first-order valence-corrected chi connectivity index (χ1v) is 8.93. The zero-order chi connectivity index (χ0) is 21.2. The van der Waals surface area contributed by atoms with Crippen molar-refractivity contribution in [2.24, 2.45) is 0 Å². The van der Waals surface area contributed by atoms with E-state index in [9.17, 15) is 14.0 Å². The summed E-state index contributed by atoms with van der Waals surface area (Å²) in [6.45, 7) is 3.60. The number of carbonyl (C=O) groups excluding carboxylic acids is 2. The summed E-state index contributed by atoms with van der Waals surface area (Å²) in [6, 6.07) is 5.75. The van der Waals surface area contributed by atoms with Crippen LogP contribution in [0.1, 0.15) is 18.5 Å². The number of halogens is 2. The predicted molar refractivity (Wildman–Crippen MR) is 104 cm³/mol. The maximum atomic E-state index is 13.3. The number of ether oxygens (including phenoxy) is 2. The van der Waals surface area contributed by atoms with E-state index in [2.05, 4.69) is 27.2 Å². The van der Waals surface area contributed by atoms with Crippen molar-refractivity contribution in [3.05, 3.63) is 59.3 Å². The number of allylic oxidation sites excluding steroid dienone is 1. The van der Waals surface area contributed by atoms with Gasteiger partial charge in [0.05, 0.1) is 24.4 Å². The van der Waals surface area contributed by atoms with E-state index in [4.69, 9.17) is 21.1 Å².